The molecule has 0 unspecified atom stereocenters. The van der Waals surface area contributed by atoms with Crippen molar-refractivity contribution >= 4 is 17.4 Å². The van der Waals surface area contributed by atoms with Crippen LogP contribution in [0.15, 0.2) is 65.1 Å². The van der Waals surface area contributed by atoms with E-state index in [2.05, 4.69) is 0 Å². The second kappa shape index (κ2) is 6.98. The molecule has 0 N–H and O–H groups in total. The number of furan rings is 1. The van der Waals surface area contributed by atoms with Gasteiger partial charge in [-0.25, -0.2) is 4.39 Å². The van der Waals surface area contributed by atoms with E-state index in [1.54, 1.807) is 54.6 Å². The topological polar surface area (TPSA) is 54.0 Å². The van der Waals surface area contributed by atoms with Gasteiger partial charge < -0.3 is 4.42 Å². The molecule has 1 aromatic heterocycles. The van der Waals surface area contributed by atoms with E-state index in [0.29, 0.717) is 17.1 Å². The molecule has 3 aromatic rings. The van der Waals surface area contributed by atoms with Crippen molar-refractivity contribution in [3.63, 3.8) is 0 Å². The predicted octanol–water partition coefficient (Wildman–Crippen LogP) is 5.35. The van der Waals surface area contributed by atoms with E-state index >= 15 is 0 Å². The average molecular weight is 331 g/mol. The van der Waals surface area contributed by atoms with Crippen LogP contribution >= 0.6 is 0 Å². The van der Waals surface area contributed by atoms with Crippen LogP contribution in [0.4, 0.5) is 4.39 Å². The number of carbonyl (C=O) groups is 1. The lowest BCUT2D eigenvalue weighted by atomic mass is 10.1. The first-order valence-electron chi connectivity index (χ1n) is 7.66. The lowest BCUT2D eigenvalue weighted by Gasteiger charge is -2.00. The summed E-state index contributed by atoms with van der Waals surface area (Å²) in [6.45, 7) is 1.51. The van der Waals surface area contributed by atoms with Crippen molar-refractivity contribution in [2.75, 3.05) is 0 Å². The molecule has 0 saturated heterocycles. The number of hydrogen-bond acceptors (Lipinski definition) is 3. The van der Waals surface area contributed by atoms with Crippen molar-refractivity contribution in [1.82, 2.24) is 0 Å². The van der Waals surface area contributed by atoms with Gasteiger partial charge in [-0.15, -0.1) is 0 Å². The normalized spacial score (nSPS) is 11.2. The molecule has 3 rings (SSSR count). The zero-order valence-corrected chi connectivity index (χ0v) is 13.5. The first-order chi connectivity index (χ1) is 12.1. The summed E-state index contributed by atoms with van der Waals surface area (Å²) in [6, 6.07) is 18.6. The molecule has 0 fully saturated rings. The molecule has 0 aliphatic rings. The van der Waals surface area contributed by atoms with Gasteiger partial charge in [-0.1, -0.05) is 42.5 Å². The Labute approximate surface area is 144 Å². The average Bonchev–Trinajstić information content (AvgIpc) is 3.09. The number of Topliss-reactive ketones (excluding diaryl/α,β-unsaturated/α-hetero) is 1. The van der Waals surface area contributed by atoms with Crippen molar-refractivity contribution < 1.29 is 13.6 Å². The molecule has 122 valence electrons. The SMILES string of the molecule is CC(=O)c1ccc(-c2ccc(/C=C(/C#N)c3ccccc3F)o2)cc1. The van der Waals surface area contributed by atoms with Gasteiger partial charge in [0.15, 0.2) is 5.78 Å². The van der Waals surface area contributed by atoms with E-state index in [1.807, 2.05) is 6.07 Å². The van der Waals surface area contributed by atoms with Crippen LogP contribution in [0.2, 0.25) is 0 Å². The molecule has 0 saturated carbocycles. The molecule has 1 heterocycles. The Morgan fingerprint density at radius 2 is 1.80 bits per heavy atom. The molecular formula is C21H14FNO2. The number of halogens is 1. The van der Waals surface area contributed by atoms with E-state index in [0.717, 1.165) is 5.56 Å². The molecule has 0 spiro atoms. The maximum absolute atomic E-state index is 13.9. The fraction of sp³-hybridized carbons (Fsp3) is 0.0476. The fourth-order valence-electron chi connectivity index (χ4n) is 2.45. The summed E-state index contributed by atoms with van der Waals surface area (Å²) in [5, 5.41) is 9.31. The standard InChI is InChI=1S/C21H14FNO2/c1-14(24)15-6-8-16(9-7-15)21-11-10-18(25-21)12-17(13-23)19-4-2-3-5-20(19)22/h2-12H,1H3/b17-12-. The van der Waals surface area contributed by atoms with E-state index in [1.165, 1.54) is 19.1 Å². The molecule has 0 amide bonds. The molecule has 3 nitrogen and oxygen atoms in total. The van der Waals surface area contributed by atoms with Crippen molar-refractivity contribution in [2.24, 2.45) is 0 Å². The summed E-state index contributed by atoms with van der Waals surface area (Å²) in [5.41, 5.74) is 1.86. The summed E-state index contributed by atoms with van der Waals surface area (Å²) in [4.78, 5) is 11.3. The summed E-state index contributed by atoms with van der Waals surface area (Å²) in [5.74, 6) is 0.595. The Balaban J connectivity index is 1.92. The molecule has 4 heteroatoms. The van der Waals surface area contributed by atoms with Crippen LogP contribution in [-0.4, -0.2) is 5.78 Å². The van der Waals surface area contributed by atoms with E-state index in [-0.39, 0.29) is 16.9 Å². The number of hydrogen-bond donors (Lipinski definition) is 0. The van der Waals surface area contributed by atoms with Gasteiger partial charge in [0.25, 0.3) is 0 Å². The number of carbonyl (C=O) groups excluding carboxylic acids is 1. The summed E-state index contributed by atoms with van der Waals surface area (Å²) < 4.78 is 19.6. The monoisotopic (exact) mass is 331 g/mol. The van der Waals surface area contributed by atoms with Crippen LogP contribution in [0.5, 0.6) is 0 Å². The Morgan fingerprint density at radius 3 is 2.44 bits per heavy atom. The third-order valence-corrected chi connectivity index (χ3v) is 3.77. The van der Waals surface area contributed by atoms with Gasteiger partial charge in [-0.05, 0) is 31.2 Å². The zero-order valence-electron chi connectivity index (χ0n) is 13.5. The lowest BCUT2D eigenvalue weighted by molar-refractivity contribution is 0.101. The first-order valence-corrected chi connectivity index (χ1v) is 7.66. The van der Waals surface area contributed by atoms with Gasteiger partial charge in [0, 0.05) is 16.7 Å². The smallest absolute Gasteiger partial charge is 0.159 e. The maximum Gasteiger partial charge on any atom is 0.159 e. The summed E-state index contributed by atoms with van der Waals surface area (Å²) >= 11 is 0. The third-order valence-electron chi connectivity index (χ3n) is 3.77. The second-order valence-corrected chi connectivity index (χ2v) is 5.49. The number of rotatable bonds is 4. The molecular weight excluding hydrogens is 317 g/mol. The quantitative estimate of drug-likeness (QED) is 0.478. The Kier molecular flexibility index (Phi) is 4.58. The third kappa shape index (κ3) is 3.56. The highest BCUT2D eigenvalue weighted by Crippen LogP contribution is 2.26. The fourth-order valence-corrected chi connectivity index (χ4v) is 2.45. The molecule has 2 aromatic carbocycles. The minimum atomic E-state index is -0.457. The number of allylic oxidation sites excluding steroid dienone is 1. The number of benzene rings is 2. The summed E-state index contributed by atoms with van der Waals surface area (Å²) in [7, 11) is 0. The predicted molar refractivity (Wildman–Crippen MR) is 94.0 cm³/mol. The number of nitrogens with zero attached hydrogens (tertiary/aromatic N) is 1. The van der Waals surface area contributed by atoms with Crippen LogP contribution < -0.4 is 0 Å². The van der Waals surface area contributed by atoms with Crippen LogP contribution in [0.3, 0.4) is 0 Å². The number of ketones is 1. The maximum atomic E-state index is 13.9. The van der Waals surface area contributed by atoms with Crippen LogP contribution in [0, 0.1) is 17.1 Å². The van der Waals surface area contributed by atoms with E-state index < -0.39 is 5.82 Å². The van der Waals surface area contributed by atoms with Gasteiger partial charge in [0.2, 0.25) is 0 Å². The van der Waals surface area contributed by atoms with Crippen molar-refractivity contribution in [3.05, 3.63) is 83.4 Å². The second-order valence-electron chi connectivity index (χ2n) is 5.49. The highest BCUT2D eigenvalue weighted by atomic mass is 19.1. The van der Waals surface area contributed by atoms with E-state index in [4.69, 9.17) is 4.42 Å². The molecule has 0 aliphatic carbocycles. The Morgan fingerprint density at radius 1 is 1.08 bits per heavy atom. The van der Waals surface area contributed by atoms with Gasteiger partial charge in [-0.2, -0.15) is 5.26 Å². The van der Waals surface area contributed by atoms with Gasteiger partial charge in [0.1, 0.15) is 17.3 Å². The molecule has 0 atom stereocenters. The van der Waals surface area contributed by atoms with Crippen LogP contribution in [0.25, 0.3) is 23.0 Å². The molecule has 0 bridgehead atoms. The van der Waals surface area contributed by atoms with Crippen molar-refractivity contribution in [3.8, 4) is 17.4 Å². The molecule has 25 heavy (non-hydrogen) atoms. The highest BCUT2D eigenvalue weighted by molar-refractivity contribution is 5.94. The molecule has 0 aliphatic heterocycles. The highest BCUT2D eigenvalue weighted by Gasteiger charge is 2.09. The van der Waals surface area contributed by atoms with Gasteiger partial charge in [-0.3, -0.25) is 4.79 Å². The minimum Gasteiger partial charge on any atom is -0.457 e. The van der Waals surface area contributed by atoms with Crippen molar-refractivity contribution in [2.45, 2.75) is 6.92 Å². The molecule has 0 radical (unpaired) electrons. The van der Waals surface area contributed by atoms with Crippen LogP contribution in [0.1, 0.15) is 28.6 Å². The largest absolute Gasteiger partial charge is 0.457 e. The van der Waals surface area contributed by atoms with Crippen molar-refractivity contribution in [1.29, 1.82) is 5.26 Å². The van der Waals surface area contributed by atoms with Gasteiger partial charge >= 0.3 is 0 Å². The van der Waals surface area contributed by atoms with Crippen LogP contribution in [-0.2, 0) is 0 Å². The van der Waals surface area contributed by atoms with Gasteiger partial charge in [0.05, 0.1) is 11.6 Å². The Hall–Kier alpha value is -3.45. The summed E-state index contributed by atoms with van der Waals surface area (Å²) in [6.07, 6.45) is 1.51. The van der Waals surface area contributed by atoms with E-state index in [9.17, 15) is 14.4 Å². The zero-order chi connectivity index (χ0) is 17.8. The Bertz CT molecular complexity index is 991. The lowest BCUT2D eigenvalue weighted by Crippen LogP contribution is -1.90. The minimum absolute atomic E-state index is 0.00170. The first kappa shape index (κ1) is 16.4. The number of nitriles is 1.